The Labute approximate surface area is 299 Å². The molecule has 3 atom stereocenters. The Kier molecular flexibility index (Phi) is 7.97. The fourth-order valence-corrected chi connectivity index (χ4v) is 7.65. The second-order valence-electron chi connectivity index (χ2n) is 13.4. The Morgan fingerprint density at radius 1 is 0.922 bits per heavy atom. The highest BCUT2D eigenvalue weighted by atomic mass is 16.5. The predicted octanol–water partition coefficient (Wildman–Crippen LogP) is 3.49. The number of nitrogens with one attached hydrogen (secondary N) is 1. The second kappa shape index (κ2) is 13.4. The van der Waals surface area contributed by atoms with Crippen LogP contribution >= 0.6 is 0 Å². The molecule has 2 aromatic carbocycles. The van der Waals surface area contributed by atoms with Crippen LogP contribution < -0.4 is 30.0 Å². The quantitative estimate of drug-likeness (QED) is 0.273. The van der Waals surface area contributed by atoms with Gasteiger partial charge in [-0.1, -0.05) is 6.07 Å². The number of nitrogens with zero attached hydrogens (tertiary/aromatic N) is 5. The molecule has 51 heavy (non-hydrogen) atoms. The molecule has 5 heterocycles. The number of carbonyl (C=O) groups excluding carboxylic acids is 3. The highest BCUT2D eigenvalue weighted by Crippen LogP contribution is 2.40. The van der Waals surface area contributed by atoms with Crippen molar-refractivity contribution in [3.63, 3.8) is 0 Å². The van der Waals surface area contributed by atoms with Crippen LogP contribution in [0.25, 0.3) is 21.9 Å². The van der Waals surface area contributed by atoms with Gasteiger partial charge in [0, 0.05) is 96.4 Å². The summed E-state index contributed by atoms with van der Waals surface area (Å²) in [7, 11) is 4.60. The fourth-order valence-electron chi connectivity index (χ4n) is 7.65. The van der Waals surface area contributed by atoms with E-state index in [0.717, 1.165) is 21.4 Å². The molecule has 2 aromatic heterocycles. The average molecular weight is 698 g/mol. The number of ether oxygens (including phenoxy) is 3. The van der Waals surface area contributed by atoms with Crippen LogP contribution in [-0.2, 0) is 29.7 Å². The van der Waals surface area contributed by atoms with Gasteiger partial charge >= 0.3 is 0 Å². The predicted molar refractivity (Wildman–Crippen MR) is 191 cm³/mol. The third kappa shape index (κ3) is 6.05. The highest BCUT2D eigenvalue weighted by Gasteiger charge is 2.40. The monoisotopic (exact) mass is 697 g/mol. The molecule has 0 spiro atoms. The smallest absolute Gasteiger partial charge is 0.259 e. The van der Waals surface area contributed by atoms with Gasteiger partial charge in [-0.2, -0.15) is 0 Å². The number of piperazine rings is 1. The van der Waals surface area contributed by atoms with E-state index in [-0.39, 0.29) is 41.6 Å². The van der Waals surface area contributed by atoms with Crippen molar-refractivity contribution in [2.75, 3.05) is 39.3 Å². The van der Waals surface area contributed by atoms with E-state index < -0.39 is 24.5 Å². The summed E-state index contributed by atoms with van der Waals surface area (Å²) >= 11 is 0. The topological polar surface area (TPSA) is 136 Å². The highest BCUT2D eigenvalue weighted by molar-refractivity contribution is 6.05. The summed E-state index contributed by atoms with van der Waals surface area (Å²) in [6.45, 7) is 3.73. The summed E-state index contributed by atoms with van der Waals surface area (Å²) in [4.78, 5) is 61.3. The molecule has 266 valence electrons. The van der Waals surface area contributed by atoms with Crippen LogP contribution in [0.5, 0.6) is 17.4 Å². The number of pyridine rings is 2. The third-order valence-corrected chi connectivity index (χ3v) is 10.3. The van der Waals surface area contributed by atoms with Crippen LogP contribution in [0, 0.1) is 0 Å². The number of piperidine rings is 1. The molecule has 0 saturated carbocycles. The zero-order chi connectivity index (χ0) is 38.6. The van der Waals surface area contributed by atoms with Gasteiger partial charge in [-0.3, -0.25) is 29.4 Å². The molecule has 2 fully saturated rings. The first-order valence-electron chi connectivity index (χ1n) is 18.4. The van der Waals surface area contributed by atoms with Crippen molar-refractivity contribution in [1.82, 2.24) is 24.7 Å². The Morgan fingerprint density at radius 3 is 2.29 bits per heavy atom. The fraction of sp³-hybridized carbons (Fsp3) is 0.395. The van der Waals surface area contributed by atoms with Crippen LogP contribution in [0.3, 0.4) is 0 Å². The summed E-state index contributed by atoms with van der Waals surface area (Å²) in [6.07, 6.45) is 3.17. The Morgan fingerprint density at radius 2 is 1.65 bits per heavy atom. The van der Waals surface area contributed by atoms with Gasteiger partial charge in [0.05, 0.1) is 32.3 Å². The van der Waals surface area contributed by atoms with Crippen molar-refractivity contribution in [3.05, 3.63) is 75.8 Å². The normalized spacial score (nSPS) is 21.9. The molecule has 0 radical (unpaired) electrons. The van der Waals surface area contributed by atoms with Gasteiger partial charge < -0.3 is 28.6 Å². The molecule has 1 N–H and O–H groups in total. The number of rotatable bonds is 8. The van der Waals surface area contributed by atoms with Crippen LogP contribution in [0.15, 0.2) is 53.6 Å². The molecule has 13 nitrogen and oxygen atoms in total. The number of aryl methyl sites for hydroxylation is 1. The van der Waals surface area contributed by atoms with Crippen molar-refractivity contribution < 1.29 is 32.7 Å². The van der Waals surface area contributed by atoms with Gasteiger partial charge in [0.15, 0.2) is 0 Å². The lowest BCUT2D eigenvalue weighted by Gasteiger charge is -2.45. The molecule has 1 unspecified atom stereocenters. The number of hydrogen-bond acceptors (Lipinski definition) is 10. The molecule has 7 rings (SSSR count). The van der Waals surface area contributed by atoms with Crippen LogP contribution in [0.1, 0.15) is 52.3 Å². The molecular weight excluding hydrogens is 652 g/mol. The molecule has 4 aromatic rings. The number of anilines is 1. The van der Waals surface area contributed by atoms with E-state index in [1.54, 1.807) is 25.2 Å². The maximum atomic E-state index is 13.5. The van der Waals surface area contributed by atoms with E-state index in [9.17, 15) is 19.2 Å². The largest absolute Gasteiger partial charge is 0.496 e. The summed E-state index contributed by atoms with van der Waals surface area (Å²) in [5.41, 5.74) is 3.51. The molecule has 3 aliphatic rings. The number of carbonyl (C=O) groups is 3. The summed E-state index contributed by atoms with van der Waals surface area (Å²) < 4.78 is 42.0. The van der Waals surface area contributed by atoms with Crippen molar-refractivity contribution in [3.8, 4) is 28.5 Å². The Balaban J connectivity index is 1.15. The zero-order valence-corrected chi connectivity index (χ0v) is 29.2. The summed E-state index contributed by atoms with van der Waals surface area (Å²) in [5, 5.41) is 2.96. The van der Waals surface area contributed by atoms with Crippen LogP contribution in [0.4, 0.5) is 5.69 Å². The Hall–Kier alpha value is -5.43. The van der Waals surface area contributed by atoms with Crippen LogP contribution in [0.2, 0.25) is 0 Å². The molecule has 3 aliphatic heterocycles. The first kappa shape index (κ1) is 30.4. The number of benzene rings is 2. The van der Waals surface area contributed by atoms with E-state index >= 15 is 0 Å². The lowest BCUT2D eigenvalue weighted by molar-refractivity contribution is -0.136. The van der Waals surface area contributed by atoms with Gasteiger partial charge in [-0.15, -0.1) is 0 Å². The summed E-state index contributed by atoms with van der Waals surface area (Å²) in [5.74, 6) is 0.386. The van der Waals surface area contributed by atoms with Gasteiger partial charge in [-0.25, -0.2) is 4.98 Å². The third-order valence-electron chi connectivity index (χ3n) is 10.3. The van der Waals surface area contributed by atoms with Crippen molar-refractivity contribution in [2.24, 2.45) is 6.98 Å². The minimum absolute atomic E-state index is 0.0681. The van der Waals surface area contributed by atoms with E-state index in [0.29, 0.717) is 66.2 Å². The number of hydrogen-bond donors (Lipinski definition) is 1. The molecule has 13 heteroatoms. The average Bonchev–Trinajstić information content (AvgIpc) is 3.47. The molecule has 0 aliphatic carbocycles. The molecule has 3 amide bonds. The van der Waals surface area contributed by atoms with Crippen molar-refractivity contribution in [1.29, 1.82) is 0 Å². The van der Waals surface area contributed by atoms with Gasteiger partial charge in [0.2, 0.25) is 17.7 Å². The number of aromatic nitrogens is 2. The molecular formula is C38H42N6O7. The van der Waals surface area contributed by atoms with E-state index in [4.69, 9.17) is 18.3 Å². The van der Waals surface area contributed by atoms with Crippen LogP contribution in [-0.4, -0.2) is 89.6 Å². The maximum Gasteiger partial charge on any atom is 0.259 e. The minimum atomic E-state index is -2.73. The number of imide groups is 1. The first-order chi connectivity index (χ1) is 25.7. The maximum absolute atomic E-state index is 13.5. The standard InChI is InChI=1S/C38H42N6O7/c1-21-16-42(25-8-7-23-18-44(38(48)26(23)13-25)31-9-10-34(45)40-36(31)46)17-22(2)43(21)20-30-32(49-4)11-24(12-33(30)50-5)29-19-41(3)37(47)28-15-39-35(51-6)14-27(28)29/h7-8,11-15,19,21-22,31H,9-10,16-18,20H2,1-6H3,(H,40,45,46)/t21-,22-,31?/m1/s1/i3D3. The zero-order valence-electron chi connectivity index (χ0n) is 32.2. The lowest BCUT2D eigenvalue weighted by Crippen LogP contribution is -2.56. The molecule has 2 saturated heterocycles. The van der Waals surface area contributed by atoms with E-state index in [1.807, 2.05) is 30.3 Å². The van der Waals surface area contributed by atoms with Gasteiger partial charge in [0.1, 0.15) is 17.5 Å². The van der Waals surface area contributed by atoms with Crippen molar-refractivity contribution >= 4 is 34.2 Å². The number of methoxy groups -OCH3 is 3. The number of fused-ring (bicyclic) bond motifs is 2. The first-order valence-corrected chi connectivity index (χ1v) is 16.9. The summed E-state index contributed by atoms with van der Waals surface area (Å²) in [6, 6.07) is 10.6. The lowest BCUT2D eigenvalue weighted by atomic mass is 9.97. The van der Waals surface area contributed by atoms with Crippen molar-refractivity contribution in [2.45, 2.75) is 57.9 Å². The Bertz CT molecular complexity index is 2200. The number of amides is 3. The van der Waals surface area contributed by atoms with Gasteiger partial charge in [-0.05, 0) is 55.7 Å². The van der Waals surface area contributed by atoms with E-state index in [1.165, 1.54) is 19.5 Å². The van der Waals surface area contributed by atoms with E-state index in [2.05, 4.69) is 33.9 Å². The molecule has 0 bridgehead atoms. The minimum Gasteiger partial charge on any atom is -0.496 e. The SMILES string of the molecule is [2H]C([2H])([2H])n1cc(-c2cc(OC)c(CN3[C@H](C)CN(c4ccc5c(c4)C(=O)N(C4CCC(=O)NC4=O)C5)C[C@H]3C)c(OC)c2)c2cc(OC)ncc2c1=O. The second-order valence-corrected chi connectivity index (χ2v) is 13.4. The van der Waals surface area contributed by atoms with Gasteiger partial charge in [0.25, 0.3) is 11.5 Å².